The fourth-order valence-electron chi connectivity index (χ4n) is 3.50. The van der Waals surface area contributed by atoms with Gasteiger partial charge in [0.1, 0.15) is 5.75 Å². The molecule has 5 heteroatoms. The predicted molar refractivity (Wildman–Crippen MR) is 73.0 cm³/mol. The number of benzene rings is 1. The average molecular weight is 277 g/mol. The van der Waals surface area contributed by atoms with E-state index in [2.05, 4.69) is 0 Å². The number of fused-ring (bicyclic) bond motifs is 3. The number of carboxylic acid groups (broad SMARTS) is 1. The van der Waals surface area contributed by atoms with Gasteiger partial charge in [-0.05, 0) is 42.0 Å². The van der Waals surface area contributed by atoms with Gasteiger partial charge in [0.15, 0.2) is 0 Å². The fourth-order valence-corrected chi connectivity index (χ4v) is 3.50. The van der Waals surface area contributed by atoms with Gasteiger partial charge >= 0.3 is 6.09 Å². The second kappa shape index (κ2) is 4.98. The Balaban J connectivity index is 2.01. The van der Waals surface area contributed by atoms with Crippen LogP contribution >= 0.6 is 0 Å². The number of carbonyl (C=O) groups is 1. The number of likely N-dealkylation sites (tertiary alicyclic amines) is 1. The first-order valence-corrected chi connectivity index (χ1v) is 6.94. The lowest BCUT2D eigenvalue weighted by molar-refractivity contribution is 0.148. The van der Waals surface area contributed by atoms with E-state index in [1.807, 2.05) is 18.2 Å². The third-order valence-electron chi connectivity index (χ3n) is 4.57. The van der Waals surface area contributed by atoms with Gasteiger partial charge in [0.2, 0.25) is 0 Å². The molecule has 2 N–H and O–H groups in total. The molecule has 5 nitrogen and oxygen atoms in total. The highest BCUT2D eigenvalue weighted by atomic mass is 16.5. The van der Waals surface area contributed by atoms with Gasteiger partial charge in [0, 0.05) is 19.0 Å². The normalized spacial score (nSPS) is 28.5. The van der Waals surface area contributed by atoms with Gasteiger partial charge in [0.25, 0.3) is 0 Å². The summed E-state index contributed by atoms with van der Waals surface area (Å²) in [5, 5.41) is 19.4. The molecule has 3 atom stereocenters. The molecule has 1 unspecified atom stereocenters. The van der Waals surface area contributed by atoms with Crippen molar-refractivity contribution < 1.29 is 19.7 Å². The van der Waals surface area contributed by atoms with Gasteiger partial charge in [-0.1, -0.05) is 6.07 Å². The first kappa shape index (κ1) is 13.2. The Morgan fingerprint density at radius 1 is 1.30 bits per heavy atom. The maximum Gasteiger partial charge on any atom is 0.407 e. The minimum Gasteiger partial charge on any atom is -0.497 e. The monoisotopic (exact) mass is 277 g/mol. The summed E-state index contributed by atoms with van der Waals surface area (Å²) in [6.07, 6.45) is 0.225. The molecule has 108 valence electrons. The number of rotatable bonds is 1. The van der Waals surface area contributed by atoms with E-state index in [9.17, 15) is 15.0 Å². The van der Waals surface area contributed by atoms with E-state index in [1.165, 1.54) is 4.90 Å². The van der Waals surface area contributed by atoms with E-state index in [0.717, 1.165) is 23.3 Å². The Morgan fingerprint density at radius 3 is 2.80 bits per heavy atom. The molecule has 2 aliphatic rings. The van der Waals surface area contributed by atoms with Crippen molar-refractivity contribution in [1.82, 2.24) is 4.90 Å². The highest BCUT2D eigenvalue weighted by Gasteiger charge is 2.39. The van der Waals surface area contributed by atoms with Crippen molar-refractivity contribution in [2.24, 2.45) is 5.92 Å². The molecule has 0 bridgehead atoms. The third kappa shape index (κ3) is 2.12. The van der Waals surface area contributed by atoms with Crippen molar-refractivity contribution in [2.45, 2.75) is 24.9 Å². The van der Waals surface area contributed by atoms with E-state index >= 15 is 0 Å². The molecular weight excluding hydrogens is 258 g/mol. The van der Waals surface area contributed by atoms with Gasteiger partial charge in [0.05, 0.1) is 13.2 Å². The van der Waals surface area contributed by atoms with Gasteiger partial charge < -0.3 is 19.8 Å². The van der Waals surface area contributed by atoms with Crippen LogP contribution in [0.25, 0.3) is 0 Å². The number of nitrogens with zero attached hydrogens (tertiary/aromatic N) is 1. The quantitative estimate of drug-likeness (QED) is 0.825. The van der Waals surface area contributed by atoms with Crippen LogP contribution in [0.3, 0.4) is 0 Å². The molecule has 1 aliphatic heterocycles. The largest absolute Gasteiger partial charge is 0.497 e. The number of ether oxygens (including phenoxy) is 1. The maximum absolute atomic E-state index is 11.2. The van der Waals surface area contributed by atoms with E-state index in [0.29, 0.717) is 19.5 Å². The maximum atomic E-state index is 11.2. The summed E-state index contributed by atoms with van der Waals surface area (Å²) >= 11 is 0. The molecule has 1 amide bonds. The van der Waals surface area contributed by atoms with Crippen LogP contribution in [-0.4, -0.2) is 41.4 Å². The van der Waals surface area contributed by atoms with Crippen molar-refractivity contribution in [3.63, 3.8) is 0 Å². The van der Waals surface area contributed by atoms with Gasteiger partial charge in [-0.25, -0.2) is 4.79 Å². The Bertz CT molecular complexity index is 531. The lowest BCUT2D eigenvalue weighted by atomic mass is 9.87. The van der Waals surface area contributed by atoms with Crippen LogP contribution in [0.15, 0.2) is 18.2 Å². The molecule has 1 saturated heterocycles. The number of hydrogen-bond donors (Lipinski definition) is 2. The SMILES string of the molecule is COc1ccc2c(c1)[C@H]1CN(C(=O)O)C[C@@H]1CCC2O. The molecule has 0 saturated carbocycles. The number of amides is 1. The molecular formula is C15H19NO4. The molecule has 3 rings (SSSR count). The molecule has 1 aliphatic carbocycles. The van der Waals surface area contributed by atoms with Crippen LogP contribution < -0.4 is 4.74 Å². The van der Waals surface area contributed by atoms with Crippen molar-refractivity contribution in [3.8, 4) is 5.75 Å². The lowest BCUT2D eigenvalue weighted by Crippen LogP contribution is -2.27. The zero-order chi connectivity index (χ0) is 14.3. The van der Waals surface area contributed by atoms with E-state index in [4.69, 9.17) is 4.74 Å². The lowest BCUT2D eigenvalue weighted by Gasteiger charge is -2.19. The number of methoxy groups -OCH3 is 1. The Morgan fingerprint density at radius 2 is 2.10 bits per heavy atom. The Hall–Kier alpha value is -1.75. The molecule has 1 fully saturated rings. The Labute approximate surface area is 117 Å². The molecule has 1 aromatic carbocycles. The second-order valence-electron chi connectivity index (χ2n) is 5.64. The van der Waals surface area contributed by atoms with Crippen molar-refractivity contribution >= 4 is 6.09 Å². The minimum absolute atomic E-state index is 0.161. The van der Waals surface area contributed by atoms with Crippen LogP contribution in [0.2, 0.25) is 0 Å². The highest BCUT2D eigenvalue weighted by Crippen LogP contribution is 2.44. The minimum atomic E-state index is -0.858. The summed E-state index contributed by atoms with van der Waals surface area (Å²) in [5.41, 5.74) is 1.97. The molecule has 1 heterocycles. The van der Waals surface area contributed by atoms with Gasteiger partial charge in [-0.3, -0.25) is 0 Å². The van der Waals surface area contributed by atoms with Crippen molar-refractivity contribution in [3.05, 3.63) is 29.3 Å². The van der Waals surface area contributed by atoms with Crippen LogP contribution in [0, 0.1) is 5.92 Å². The summed E-state index contributed by atoms with van der Waals surface area (Å²) in [5.74, 6) is 1.20. The highest BCUT2D eigenvalue weighted by molar-refractivity contribution is 5.65. The number of aliphatic hydroxyl groups is 1. The van der Waals surface area contributed by atoms with Crippen LogP contribution in [0.4, 0.5) is 4.79 Å². The second-order valence-corrected chi connectivity index (χ2v) is 5.64. The molecule has 0 aromatic heterocycles. The molecule has 0 radical (unpaired) electrons. The third-order valence-corrected chi connectivity index (χ3v) is 4.57. The summed E-state index contributed by atoms with van der Waals surface area (Å²) in [7, 11) is 1.62. The zero-order valence-electron chi connectivity index (χ0n) is 11.5. The summed E-state index contributed by atoms with van der Waals surface area (Å²) in [6, 6.07) is 5.71. The summed E-state index contributed by atoms with van der Waals surface area (Å²) in [4.78, 5) is 12.7. The van der Waals surface area contributed by atoms with Crippen molar-refractivity contribution in [1.29, 1.82) is 0 Å². The standard InChI is InChI=1S/C15H19NO4/c1-20-10-3-4-11-12(6-10)13-8-16(15(18)19)7-9(13)2-5-14(11)17/h3-4,6,9,13-14,17H,2,5,7-8H2,1H3,(H,18,19)/t9-,13-,14?/m0/s1. The zero-order valence-corrected chi connectivity index (χ0v) is 11.5. The first-order valence-electron chi connectivity index (χ1n) is 6.94. The molecule has 1 aromatic rings. The Kier molecular flexibility index (Phi) is 3.30. The van der Waals surface area contributed by atoms with Crippen LogP contribution in [0.5, 0.6) is 5.75 Å². The van der Waals surface area contributed by atoms with Crippen LogP contribution in [-0.2, 0) is 0 Å². The summed E-state index contributed by atoms with van der Waals surface area (Å²) < 4.78 is 5.27. The number of hydrogen-bond acceptors (Lipinski definition) is 3. The molecule has 0 spiro atoms. The van der Waals surface area contributed by atoms with Crippen LogP contribution in [0.1, 0.15) is 36.0 Å². The average Bonchev–Trinajstić information content (AvgIpc) is 2.83. The fraction of sp³-hybridized carbons (Fsp3) is 0.533. The van der Waals surface area contributed by atoms with E-state index in [-0.39, 0.29) is 11.8 Å². The molecule has 20 heavy (non-hydrogen) atoms. The number of aliphatic hydroxyl groups excluding tert-OH is 1. The smallest absolute Gasteiger partial charge is 0.407 e. The predicted octanol–water partition coefficient (Wildman–Crippen LogP) is 2.22. The topological polar surface area (TPSA) is 70.0 Å². The van der Waals surface area contributed by atoms with E-state index < -0.39 is 12.2 Å². The van der Waals surface area contributed by atoms with Gasteiger partial charge in [-0.15, -0.1) is 0 Å². The van der Waals surface area contributed by atoms with Gasteiger partial charge in [-0.2, -0.15) is 0 Å². The van der Waals surface area contributed by atoms with E-state index in [1.54, 1.807) is 7.11 Å². The first-order chi connectivity index (χ1) is 9.60. The van der Waals surface area contributed by atoms with Crippen molar-refractivity contribution in [2.75, 3.05) is 20.2 Å². The summed E-state index contributed by atoms with van der Waals surface area (Å²) in [6.45, 7) is 1.07.